The lowest BCUT2D eigenvalue weighted by Gasteiger charge is -2.34. The first kappa shape index (κ1) is 17.1. The van der Waals surface area contributed by atoms with Crippen LogP contribution >= 0.6 is 0 Å². The van der Waals surface area contributed by atoms with Crippen LogP contribution in [0.1, 0.15) is 39.0 Å². The lowest BCUT2D eigenvalue weighted by atomic mass is 10.1. The molecule has 0 aromatic rings. The maximum Gasteiger partial charge on any atom is 0.279 e. The lowest BCUT2D eigenvalue weighted by Crippen LogP contribution is -2.53. The fraction of sp³-hybridized carbons (Fsp3) is 1.00. The number of piperidine rings is 1. The maximum absolute atomic E-state index is 12.5. The zero-order valence-electron chi connectivity index (χ0n) is 13.2. The van der Waals surface area contributed by atoms with Crippen LogP contribution in [0, 0.1) is 0 Å². The highest BCUT2D eigenvalue weighted by molar-refractivity contribution is 7.87. The van der Waals surface area contributed by atoms with Gasteiger partial charge in [-0.2, -0.15) is 12.7 Å². The average molecular weight is 318 g/mol. The van der Waals surface area contributed by atoms with Crippen molar-refractivity contribution in [3.63, 3.8) is 0 Å². The Kier molecular flexibility index (Phi) is 6.88. The van der Waals surface area contributed by atoms with Gasteiger partial charge in [-0.3, -0.25) is 0 Å². The van der Waals surface area contributed by atoms with Crippen molar-refractivity contribution < 1.29 is 8.42 Å². The van der Waals surface area contributed by atoms with E-state index in [0.29, 0.717) is 13.1 Å². The molecular weight excluding hydrogens is 288 g/mol. The van der Waals surface area contributed by atoms with Gasteiger partial charge in [0.2, 0.25) is 0 Å². The van der Waals surface area contributed by atoms with E-state index in [1.54, 1.807) is 4.31 Å². The van der Waals surface area contributed by atoms with Crippen molar-refractivity contribution in [2.24, 2.45) is 0 Å². The molecule has 6 nitrogen and oxygen atoms in total. The Bertz CT molecular complexity index is 396. The second kappa shape index (κ2) is 8.43. The molecule has 0 aromatic heterocycles. The smallest absolute Gasteiger partial charge is 0.279 e. The molecule has 0 radical (unpaired) electrons. The molecule has 2 N–H and O–H groups in total. The molecule has 7 heteroatoms. The van der Waals surface area contributed by atoms with E-state index in [0.717, 1.165) is 52.0 Å². The van der Waals surface area contributed by atoms with Crippen LogP contribution in [-0.4, -0.2) is 69.5 Å². The molecule has 0 saturated carbocycles. The highest BCUT2D eigenvalue weighted by atomic mass is 32.2. The Hall–Kier alpha value is -0.210. The van der Waals surface area contributed by atoms with Gasteiger partial charge in [0.15, 0.2) is 0 Å². The van der Waals surface area contributed by atoms with E-state index in [1.807, 2.05) is 0 Å². The Labute approximate surface area is 129 Å². The van der Waals surface area contributed by atoms with E-state index in [9.17, 15) is 8.42 Å². The number of nitrogens with one attached hydrogen (secondary N) is 2. The van der Waals surface area contributed by atoms with Crippen LogP contribution in [0.2, 0.25) is 0 Å². The fourth-order valence-corrected chi connectivity index (χ4v) is 4.68. The molecule has 0 aliphatic carbocycles. The summed E-state index contributed by atoms with van der Waals surface area (Å²) < 4.78 is 29.5. The molecule has 2 rings (SSSR count). The standard InChI is InChI=1S/C14H30N4O2S/c1-2-15-13-14-7-3-4-11-18(14)21(19,20)16-8-12-17-9-5-6-10-17/h14-16H,2-13H2,1H3. The SMILES string of the molecule is CCNCC1CCCCN1S(=O)(=O)NCCN1CCCC1. The minimum absolute atomic E-state index is 0.1000. The van der Waals surface area contributed by atoms with Gasteiger partial charge in [0.1, 0.15) is 0 Å². The molecule has 1 unspecified atom stereocenters. The molecular formula is C14H30N4O2S. The average Bonchev–Trinajstić information content (AvgIpc) is 2.98. The summed E-state index contributed by atoms with van der Waals surface area (Å²) in [6.45, 7) is 7.89. The third-order valence-electron chi connectivity index (χ3n) is 4.42. The number of rotatable bonds is 8. The Morgan fingerprint density at radius 1 is 1.10 bits per heavy atom. The molecule has 2 heterocycles. The Morgan fingerprint density at radius 3 is 2.52 bits per heavy atom. The molecule has 21 heavy (non-hydrogen) atoms. The van der Waals surface area contributed by atoms with Crippen LogP contribution in [0.5, 0.6) is 0 Å². The molecule has 2 saturated heterocycles. The summed E-state index contributed by atoms with van der Waals surface area (Å²) in [6, 6.07) is 0.1000. The minimum atomic E-state index is -3.34. The number of likely N-dealkylation sites (tertiary alicyclic amines) is 1. The predicted octanol–water partition coefficient (Wildman–Crippen LogP) is 0.381. The van der Waals surface area contributed by atoms with E-state index in [4.69, 9.17) is 0 Å². The zero-order valence-corrected chi connectivity index (χ0v) is 14.0. The molecule has 0 aromatic carbocycles. The summed E-state index contributed by atoms with van der Waals surface area (Å²) in [6.07, 6.45) is 5.53. The number of nitrogens with zero attached hydrogens (tertiary/aromatic N) is 2. The fourth-order valence-electron chi connectivity index (χ4n) is 3.23. The van der Waals surface area contributed by atoms with Gasteiger partial charge in [0, 0.05) is 32.2 Å². The number of hydrogen-bond donors (Lipinski definition) is 2. The summed E-state index contributed by atoms with van der Waals surface area (Å²) in [5.74, 6) is 0. The molecule has 1 atom stereocenters. The Balaban J connectivity index is 1.83. The van der Waals surface area contributed by atoms with Crippen LogP contribution in [0.3, 0.4) is 0 Å². The van der Waals surface area contributed by atoms with Crippen LogP contribution in [0.4, 0.5) is 0 Å². The van der Waals surface area contributed by atoms with Crippen LogP contribution in [0.25, 0.3) is 0 Å². The van der Waals surface area contributed by atoms with Gasteiger partial charge >= 0.3 is 0 Å². The summed E-state index contributed by atoms with van der Waals surface area (Å²) in [5, 5.41) is 3.28. The second-order valence-corrected chi connectivity index (χ2v) is 7.72. The van der Waals surface area contributed by atoms with Crippen molar-refractivity contribution in [2.45, 2.75) is 45.1 Å². The lowest BCUT2D eigenvalue weighted by molar-refractivity contribution is 0.243. The predicted molar refractivity (Wildman–Crippen MR) is 85.5 cm³/mol. The van der Waals surface area contributed by atoms with E-state index >= 15 is 0 Å². The first-order valence-electron chi connectivity index (χ1n) is 8.33. The van der Waals surface area contributed by atoms with Gasteiger partial charge in [-0.05, 0) is 45.3 Å². The Morgan fingerprint density at radius 2 is 1.81 bits per heavy atom. The van der Waals surface area contributed by atoms with E-state index in [2.05, 4.69) is 21.9 Å². The summed E-state index contributed by atoms with van der Waals surface area (Å²) in [7, 11) is -3.34. The number of hydrogen-bond acceptors (Lipinski definition) is 4. The van der Waals surface area contributed by atoms with E-state index < -0.39 is 10.2 Å². The normalized spacial score (nSPS) is 25.5. The molecule has 0 amide bonds. The van der Waals surface area contributed by atoms with Gasteiger partial charge in [-0.15, -0.1) is 0 Å². The summed E-state index contributed by atoms with van der Waals surface area (Å²) in [4.78, 5) is 2.33. The molecule has 124 valence electrons. The van der Waals surface area contributed by atoms with Gasteiger partial charge in [0.25, 0.3) is 10.2 Å². The van der Waals surface area contributed by atoms with Gasteiger partial charge in [-0.1, -0.05) is 13.3 Å². The van der Waals surface area contributed by atoms with Gasteiger partial charge in [-0.25, -0.2) is 4.72 Å². The van der Waals surface area contributed by atoms with Crippen molar-refractivity contribution in [3.8, 4) is 0 Å². The number of likely N-dealkylation sites (N-methyl/N-ethyl adjacent to an activating group) is 1. The van der Waals surface area contributed by atoms with Crippen LogP contribution in [0.15, 0.2) is 0 Å². The molecule has 0 bridgehead atoms. The van der Waals surface area contributed by atoms with Crippen LogP contribution in [-0.2, 0) is 10.2 Å². The molecule has 2 aliphatic heterocycles. The monoisotopic (exact) mass is 318 g/mol. The quantitative estimate of drug-likeness (QED) is 0.679. The van der Waals surface area contributed by atoms with Crippen molar-refractivity contribution >= 4 is 10.2 Å². The summed E-state index contributed by atoms with van der Waals surface area (Å²) in [5.41, 5.74) is 0. The van der Waals surface area contributed by atoms with Crippen molar-refractivity contribution in [1.29, 1.82) is 0 Å². The molecule has 0 spiro atoms. The maximum atomic E-state index is 12.5. The van der Waals surface area contributed by atoms with Crippen molar-refractivity contribution in [3.05, 3.63) is 0 Å². The van der Waals surface area contributed by atoms with Gasteiger partial charge in [0.05, 0.1) is 0 Å². The van der Waals surface area contributed by atoms with Gasteiger partial charge < -0.3 is 10.2 Å². The first-order chi connectivity index (χ1) is 10.1. The third-order valence-corrected chi connectivity index (χ3v) is 6.09. The van der Waals surface area contributed by atoms with Crippen molar-refractivity contribution in [1.82, 2.24) is 19.2 Å². The second-order valence-electron chi connectivity index (χ2n) is 6.02. The molecule has 2 aliphatic rings. The minimum Gasteiger partial charge on any atom is -0.315 e. The molecule has 2 fully saturated rings. The highest BCUT2D eigenvalue weighted by Gasteiger charge is 2.31. The van der Waals surface area contributed by atoms with Crippen molar-refractivity contribution in [2.75, 3.05) is 45.8 Å². The van der Waals surface area contributed by atoms with E-state index in [-0.39, 0.29) is 6.04 Å². The highest BCUT2D eigenvalue weighted by Crippen LogP contribution is 2.19. The largest absolute Gasteiger partial charge is 0.315 e. The van der Waals surface area contributed by atoms with E-state index in [1.165, 1.54) is 12.8 Å². The first-order valence-corrected chi connectivity index (χ1v) is 9.77. The third kappa shape index (κ3) is 5.17. The summed E-state index contributed by atoms with van der Waals surface area (Å²) >= 11 is 0. The topological polar surface area (TPSA) is 64.7 Å². The van der Waals surface area contributed by atoms with Crippen LogP contribution < -0.4 is 10.0 Å². The zero-order chi connectivity index (χ0) is 15.1.